The molecule has 3 N–H and O–H groups in total. The van der Waals surface area contributed by atoms with Crippen LogP contribution in [0.15, 0.2) is 24.3 Å². The minimum absolute atomic E-state index is 0.0730. The highest BCUT2D eigenvalue weighted by atomic mass is 16.2. The van der Waals surface area contributed by atoms with E-state index in [2.05, 4.69) is 16.0 Å². The minimum atomic E-state index is -0.499. The average molecular weight is 289 g/mol. The van der Waals surface area contributed by atoms with E-state index in [9.17, 15) is 9.59 Å². The van der Waals surface area contributed by atoms with Crippen LogP contribution in [-0.4, -0.2) is 30.9 Å². The molecule has 5 nitrogen and oxygen atoms in total. The van der Waals surface area contributed by atoms with E-state index in [-0.39, 0.29) is 17.7 Å². The normalized spacial score (nSPS) is 18.1. The van der Waals surface area contributed by atoms with Gasteiger partial charge >= 0.3 is 0 Å². The van der Waals surface area contributed by atoms with Crippen LogP contribution < -0.4 is 16.0 Å². The van der Waals surface area contributed by atoms with Gasteiger partial charge in [-0.2, -0.15) is 0 Å². The summed E-state index contributed by atoms with van der Waals surface area (Å²) in [6.07, 6.45) is 1.59. The van der Waals surface area contributed by atoms with Crippen LogP contribution in [-0.2, 0) is 16.0 Å². The number of anilines is 1. The summed E-state index contributed by atoms with van der Waals surface area (Å²) in [5.41, 5.74) is 2.24. The van der Waals surface area contributed by atoms with E-state index in [0.717, 1.165) is 17.7 Å². The summed E-state index contributed by atoms with van der Waals surface area (Å²) in [7, 11) is 0. The van der Waals surface area contributed by atoms with E-state index in [4.69, 9.17) is 0 Å². The molecule has 2 unspecified atom stereocenters. The number of hydrogen-bond acceptors (Lipinski definition) is 3. The van der Waals surface area contributed by atoms with Gasteiger partial charge in [-0.3, -0.25) is 9.59 Å². The molecule has 1 aromatic rings. The molecular weight excluding hydrogens is 266 g/mol. The van der Waals surface area contributed by atoms with Crippen LogP contribution in [0, 0.1) is 5.92 Å². The Morgan fingerprint density at radius 2 is 2.14 bits per heavy atom. The Bertz CT molecular complexity index is 516. The predicted octanol–water partition coefficient (Wildman–Crippen LogP) is 1.30. The molecule has 0 fully saturated rings. The fourth-order valence-electron chi connectivity index (χ4n) is 2.43. The van der Waals surface area contributed by atoms with Crippen molar-refractivity contribution in [1.82, 2.24) is 10.6 Å². The predicted molar refractivity (Wildman–Crippen MR) is 83.0 cm³/mol. The van der Waals surface area contributed by atoms with Crippen molar-refractivity contribution < 1.29 is 9.59 Å². The number of nitrogens with one attached hydrogen (secondary N) is 3. The molecule has 1 aromatic carbocycles. The van der Waals surface area contributed by atoms with Gasteiger partial charge < -0.3 is 16.0 Å². The molecule has 2 atom stereocenters. The summed E-state index contributed by atoms with van der Waals surface area (Å²) in [4.78, 5) is 24.0. The lowest BCUT2D eigenvalue weighted by Gasteiger charge is -2.26. The molecule has 1 heterocycles. The zero-order valence-corrected chi connectivity index (χ0v) is 12.6. The van der Waals surface area contributed by atoms with Crippen molar-refractivity contribution in [2.45, 2.75) is 32.7 Å². The van der Waals surface area contributed by atoms with Gasteiger partial charge in [0.05, 0.1) is 5.92 Å². The second-order valence-corrected chi connectivity index (χ2v) is 5.46. The average Bonchev–Trinajstić information content (AvgIpc) is 2.51. The summed E-state index contributed by atoms with van der Waals surface area (Å²) in [5.74, 6) is -0.341. The lowest BCUT2D eigenvalue weighted by atomic mass is 9.93. The molecule has 2 amide bonds. The molecule has 0 saturated carbocycles. The van der Waals surface area contributed by atoms with Crippen molar-refractivity contribution in [3.63, 3.8) is 0 Å². The second kappa shape index (κ2) is 7.11. The smallest absolute Gasteiger partial charge is 0.242 e. The summed E-state index contributed by atoms with van der Waals surface area (Å²) >= 11 is 0. The molecule has 1 aliphatic heterocycles. The largest absolute Gasteiger partial charge is 0.384 e. The third kappa shape index (κ3) is 3.97. The fraction of sp³-hybridized carbons (Fsp3) is 0.500. The third-order valence-electron chi connectivity index (χ3n) is 3.69. The number of para-hydroxylation sites is 1. The van der Waals surface area contributed by atoms with Crippen LogP contribution in [0.4, 0.5) is 5.69 Å². The van der Waals surface area contributed by atoms with Crippen molar-refractivity contribution in [3.8, 4) is 0 Å². The molecule has 2 rings (SSSR count). The van der Waals surface area contributed by atoms with Crippen LogP contribution in [0.3, 0.4) is 0 Å². The van der Waals surface area contributed by atoms with Gasteiger partial charge in [0.2, 0.25) is 11.8 Å². The van der Waals surface area contributed by atoms with E-state index in [1.165, 1.54) is 0 Å². The van der Waals surface area contributed by atoms with Gasteiger partial charge in [-0.05, 0) is 31.4 Å². The van der Waals surface area contributed by atoms with Crippen LogP contribution in [0.25, 0.3) is 0 Å². The van der Waals surface area contributed by atoms with Crippen LogP contribution in [0.1, 0.15) is 25.8 Å². The molecule has 0 saturated heterocycles. The van der Waals surface area contributed by atoms with Gasteiger partial charge in [0, 0.05) is 18.8 Å². The van der Waals surface area contributed by atoms with E-state index in [1.807, 2.05) is 31.2 Å². The van der Waals surface area contributed by atoms with Gasteiger partial charge in [-0.1, -0.05) is 25.1 Å². The molecule has 0 spiro atoms. The Hall–Kier alpha value is -2.04. The number of rotatable bonds is 5. The lowest BCUT2D eigenvalue weighted by Crippen LogP contribution is -2.48. The monoisotopic (exact) mass is 289 g/mol. The molecule has 1 aliphatic rings. The number of benzene rings is 1. The summed E-state index contributed by atoms with van der Waals surface area (Å²) in [6, 6.07) is 7.50. The molecule has 0 bridgehead atoms. The quantitative estimate of drug-likeness (QED) is 0.765. The van der Waals surface area contributed by atoms with E-state index >= 15 is 0 Å². The van der Waals surface area contributed by atoms with Gasteiger partial charge in [-0.15, -0.1) is 0 Å². The summed E-state index contributed by atoms with van der Waals surface area (Å²) in [6.45, 7) is 4.95. The summed E-state index contributed by atoms with van der Waals surface area (Å²) < 4.78 is 0. The topological polar surface area (TPSA) is 70.2 Å². The van der Waals surface area contributed by atoms with E-state index < -0.39 is 6.04 Å². The highest BCUT2D eigenvalue weighted by Crippen LogP contribution is 2.24. The lowest BCUT2D eigenvalue weighted by molar-refractivity contribution is -0.130. The van der Waals surface area contributed by atoms with Gasteiger partial charge in [-0.25, -0.2) is 0 Å². The molecule has 21 heavy (non-hydrogen) atoms. The first-order chi connectivity index (χ1) is 10.1. The highest BCUT2D eigenvalue weighted by molar-refractivity contribution is 5.88. The third-order valence-corrected chi connectivity index (χ3v) is 3.69. The van der Waals surface area contributed by atoms with Crippen LogP contribution in [0.5, 0.6) is 0 Å². The number of hydrogen-bond donors (Lipinski definition) is 3. The van der Waals surface area contributed by atoms with E-state index in [0.29, 0.717) is 19.5 Å². The maximum atomic E-state index is 12.3. The Labute approximate surface area is 125 Å². The van der Waals surface area contributed by atoms with Crippen molar-refractivity contribution in [3.05, 3.63) is 29.8 Å². The van der Waals surface area contributed by atoms with E-state index in [1.54, 1.807) is 6.92 Å². The van der Waals surface area contributed by atoms with Gasteiger partial charge in [0.15, 0.2) is 0 Å². The molecule has 0 aromatic heterocycles. The molecule has 114 valence electrons. The first-order valence-corrected chi connectivity index (χ1v) is 7.51. The fourth-order valence-corrected chi connectivity index (χ4v) is 2.43. The maximum absolute atomic E-state index is 12.3. The molecule has 0 radical (unpaired) electrons. The highest BCUT2D eigenvalue weighted by Gasteiger charge is 2.26. The Balaban J connectivity index is 1.88. The Morgan fingerprint density at radius 3 is 2.90 bits per heavy atom. The standard InChI is InChI=1S/C16H23N3O2/c1-3-8-17-15(20)11(2)19-16(21)13-9-12-6-4-5-7-14(12)18-10-13/h4-7,11,13,18H,3,8-10H2,1-2H3,(H,17,20)(H,19,21). The van der Waals surface area contributed by atoms with Crippen molar-refractivity contribution in [2.75, 3.05) is 18.4 Å². The molecular formula is C16H23N3O2. The maximum Gasteiger partial charge on any atom is 0.242 e. The minimum Gasteiger partial charge on any atom is -0.384 e. The Kier molecular flexibility index (Phi) is 5.20. The first kappa shape index (κ1) is 15.4. The van der Waals surface area contributed by atoms with Crippen LogP contribution >= 0.6 is 0 Å². The van der Waals surface area contributed by atoms with Crippen LogP contribution in [0.2, 0.25) is 0 Å². The molecule has 5 heteroatoms. The number of carbonyl (C=O) groups is 2. The van der Waals surface area contributed by atoms with Gasteiger partial charge in [0.1, 0.15) is 6.04 Å². The van der Waals surface area contributed by atoms with Crippen molar-refractivity contribution in [2.24, 2.45) is 5.92 Å². The van der Waals surface area contributed by atoms with Gasteiger partial charge in [0.25, 0.3) is 0 Å². The zero-order valence-electron chi connectivity index (χ0n) is 12.6. The number of amides is 2. The Morgan fingerprint density at radius 1 is 1.38 bits per heavy atom. The van der Waals surface area contributed by atoms with Crippen molar-refractivity contribution >= 4 is 17.5 Å². The number of fused-ring (bicyclic) bond motifs is 1. The molecule has 0 aliphatic carbocycles. The SMILES string of the molecule is CCCNC(=O)C(C)NC(=O)C1CNc2ccccc2C1. The summed E-state index contributed by atoms with van der Waals surface area (Å²) in [5, 5.41) is 8.85. The van der Waals surface area contributed by atoms with Crippen molar-refractivity contribution in [1.29, 1.82) is 0 Å². The zero-order chi connectivity index (χ0) is 15.2. The number of carbonyl (C=O) groups excluding carboxylic acids is 2. The first-order valence-electron chi connectivity index (χ1n) is 7.51. The second-order valence-electron chi connectivity index (χ2n) is 5.46.